The van der Waals surface area contributed by atoms with Crippen LogP contribution < -0.4 is 0 Å². The van der Waals surface area contributed by atoms with Crippen LogP contribution in [0, 0.1) is 0 Å². The Hall–Kier alpha value is -0.470. The summed E-state index contributed by atoms with van der Waals surface area (Å²) >= 11 is 1.92. The van der Waals surface area contributed by atoms with E-state index >= 15 is 0 Å². The Morgan fingerprint density at radius 1 is 0.944 bits per heavy atom. The Morgan fingerprint density at radius 3 is 1.61 bits per heavy atom. The molecule has 1 rings (SSSR count). The van der Waals surface area contributed by atoms with E-state index in [-0.39, 0.29) is 17.5 Å². The Labute approximate surface area is 114 Å². The zero-order chi connectivity index (χ0) is 14.1. The summed E-state index contributed by atoms with van der Waals surface area (Å²) in [5, 5.41) is 0. The minimum Gasteiger partial charge on any atom is -0.166 e. The van der Waals surface area contributed by atoms with Crippen molar-refractivity contribution in [2.45, 2.75) is 25.2 Å². The highest BCUT2D eigenvalue weighted by molar-refractivity contribution is 14.1. The van der Waals surface area contributed by atoms with E-state index in [2.05, 4.69) is 0 Å². The smallest absolute Gasteiger partial charge is 0.166 e. The van der Waals surface area contributed by atoms with Crippen LogP contribution in [0.15, 0.2) is 18.2 Å². The molecule has 0 spiro atoms. The van der Waals surface area contributed by atoms with Gasteiger partial charge in [-0.25, -0.2) is 0 Å². The maximum absolute atomic E-state index is 12.5. The first-order valence-corrected chi connectivity index (χ1v) is 6.43. The average molecular weight is 382 g/mol. The predicted octanol–water partition coefficient (Wildman–Crippen LogP) is 5.26. The van der Waals surface area contributed by atoms with Crippen LogP contribution in [-0.4, -0.2) is 4.43 Å². The van der Waals surface area contributed by atoms with Crippen LogP contribution in [-0.2, 0) is 12.4 Å². The molecule has 0 N–H and O–H groups in total. The molecule has 0 heterocycles. The van der Waals surface area contributed by atoms with Gasteiger partial charge in [-0.1, -0.05) is 29.5 Å². The first-order valence-electron chi connectivity index (χ1n) is 4.91. The standard InChI is InChI=1S/C11H9F6I/c1-6(5-18)7-2-8(10(12,13)14)4-9(3-7)11(15,16)17/h2-4,6H,5H2,1H3. The van der Waals surface area contributed by atoms with Crippen LogP contribution in [0.25, 0.3) is 0 Å². The van der Waals surface area contributed by atoms with Gasteiger partial charge in [0.2, 0.25) is 0 Å². The normalized spacial score (nSPS) is 14.7. The number of benzene rings is 1. The van der Waals surface area contributed by atoms with Crippen LogP contribution >= 0.6 is 22.6 Å². The quantitative estimate of drug-likeness (QED) is 0.372. The molecule has 1 atom stereocenters. The maximum Gasteiger partial charge on any atom is 0.416 e. The molecule has 18 heavy (non-hydrogen) atoms. The summed E-state index contributed by atoms with van der Waals surface area (Å²) in [6.45, 7) is 1.59. The van der Waals surface area contributed by atoms with Gasteiger partial charge in [-0.05, 0) is 29.7 Å². The summed E-state index contributed by atoms with van der Waals surface area (Å²) in [4.78, 5) is 0. The van der Waals surface area contributed by atoms with E-state index in [9.17, 15) is 26.3 Å². The lowest BCUT2D eigenvalue weighted by atomic mass is 9.97. The van der Waals surface area contributed by atoms with Gasteiger partial charge in [-0.3, -0.25) is 0 Å². The van der Waals surface area contributed by atoms with Crippen molar-refractivity contribution >= 4 is 22.6 Å². The third kappa shape index (κ3) is 3.76. The van der Waals surface area contributed by atoms with Gasteiger partial charge in [0.1, 0.15) is 0 Å². The fraction of sp³-hybridized carbons (Fsp3) is 0.455. The Balaban J connectivity index is 3.39. The number of alkyl halides is 7. The third-order valence-electron chi connectivity index (χ3n) is 2.41. The van der Waals surface area contributed by atoms with Crippen molar-refractivity contribution in [3.63, 3.8) is 0 Å². The van der Waals surface area contributed by atoms with Crippen molar-refractivity contribution in [1.82, 2.24) is 0 Å². The van der Waals surface area contributed by atoms with Gasteiger partial charge >= 0.3 is 12.4 Å². The second-order valence-electron chi connectivity index (χ2n) is 3.89. The van der Waals surface area contributed by atoms with Gasteiger partial charge in [0.25, 0.3) is 0 Å². The lowest BCUT2D eigenvalue weighted by molar-refractivity contribution is -0.143. The van der Waals surface area contributed by atoms with Gasteiger partial charge in [-0.15, -0.1) is 0 Å². The van der Waals surface area contributed by atoms with Crippen LogP contribution in [0.4, 0.5) is 26.3 Å². The maximum atomic E-state index is 12.5. The zero-order valence-corrected chi connectivity index (χ0v) is 11.3. The molecule has 0 nitrogen and oxygen atoms in total. The van der Waals surface area contributed by atoms with Crippen molar-refractivity contribution in [3.05, 3.63) is 34.9 Å². The summed E-state index contributed by atoms with van der Waals surface area (Å²) < 4.78 is 75.6. The number of hydrogen-bond acceptors (Lipinski definition) is 0. The molecule has 0 aliphatic carbocycles. The van der Waals surface area contributed by atoms with E-state index in [1.165, 1.54) is 0 Å². The van der Waals surface area contributed by atoms with Crippen LogP contribution in [0.1, 0.15) is 29.5 Å². The molecule has 1 unspecified atom stereocenters. The van der Waals surface area contributed by atoms with Crippen LogP contribution in [0.3, 0.4) is 0 Å². The molecule has 1 aromatic rings. The molecule has 0 saturated heterocycles. The van der Waals surface area contributed by atoms with E-state index in [1.807, 2.05) is 22.6 Å². The lowest BCUT2D eigenvalue weighted by Gasteiger charge is -2.16. The van der Waals surface area contributed by atoms with Crippen molar-refractivity contribution in [2.75, 3.05) is 4.43 Å². The third-order valence-corrected chi connectivity index (χ3v) is 3.73. The monoisotopic (exact) mass is 382 g/mol. The highest BCUT2D eigenvalue weighted by Crippen LogP contribution is 2.37. The molecule has 0 radical (unpaired) electrons. The summed E-state index contributed by atoms with van der Waals surface area (Å²) in [6, 6.07) is 1.69. The topological polar surface area (TPSA) is 0 Å². The summed E-state index contributed by atoms with van der Waals surface area (Å²) in [5.74, 6) is -0.367. The minimum absolute atomic E-state index is 0.0477. The van der Waals surface area contributed by atoms with Gasteiger partial charge in [-0.2, -0.15) is 26.3 Å². The van der Waals surface area contributed by atoms with E-state index < -0.39 is 23.5 Å². The van der Waals surface area contributed by atoms with Gasteiger partial charge in [0, 0.05) is 4.43 Å². The number of halogens is 7. The highest BCUT2D eigenvalue weighted by Gasteiger charge is 2.37. The molecule has 0 amide bonds. The van der Waals surface area contributed by atoms with Crippen molar-refractivity contribution < 1.29 is 26.3 Å². The van der Waals surface area contributed by atoms with Crippen LogP contribution in [0.5, 0.6) is 0 Å². The van der Waals surface area contributed by atoms with E-state index in [1.54, 1.807) is 6.92 Å². The van der Waals surface area contributed by atoms with Crippen molar-refractivity contribution in [1.29, 1.82) is 0 Å². The number of rotatable bonds is 2. The number of hydrogen-bond donors (Lipinski definition) is 0. The fourth-order valence-corrected chi connectivity index (χ4v) is 1.86. The largest absolute Gasteiger partial charge is 0.416 e. The van der Waals surface area contributed by atoms with Crippen molar-refractivity contribution in [3.8, 4) is 0 Å². The molecule has 0 aromatic heterocycles. The molecular weight excluding hydrogens is 373 g/mol. The second kappa shape index (κ2) is 5.26. The molecule has 0 aliphatic rings. The van der Waals surface area contributed by atoms with Crippen LogP contribution in [0.2, 0.25) is 0 Å². The summed E-state index contributed by atoms with van der Waals surface area (Å²) in [5.41, 5.74) is -2.47. The SMILES string of the molecule is CC(CI)c1cc(C(F)(F)F)cc(C(F)(F)F)c1. The Morgan fingerprint density at radius 2 is 1.33 bits per heavy atom. The molecule has 0 bridgehead atoms. The van der Waals surface area contributed by atoms with Gasteiger partial charge in [0.05, 0.1) is 11.1 Å². The minimum atomic E-state index is -4.78. The van der Waals surface area contributed by atoms with Gasteiger partial charge < -0.3 is 0 Å². The Kier molecular flexibility index (Phi) is 4.56. The molecular formula is C11H9F6I. The first-order chi connectivity index (χ1) is 8.05. The predicted molar refractivity (Wildman–Crippen MR) is 63.7 cm³/mol. The van der Waals surface area contributed by atoms with Crippen molar-refractivity contribution in [2.24, 2.45) is 0 Å². The lowest BCUT2D eigenvalue weighted by Crippen LogP contribution is -2.12. The molecule has 0 aliphatic heterocycles. The van der Waals surface area contributed by atoms with Gasteiger partial charge in [0.15, 0.2) is 0 Å². The molecule has 102 valence electrons. The fourth-order valence-electron chi connectivity index (χ4n) is 1.35. The Bertz CT molecular complexity index is 388. The highest BCUT2D eigenvalue weighted by atomic mass is 127. The second-order valence-corrected chi connectivity index (χ2v) is 4.78. The summed E-state index contributed by atoms with van der Waals surface area (Å²) in [6.07, 6.45) is -9.55. The molecule has 7 heteroatoms. The van der Waals surface area contributed by atoms with E-state index in [4.69, 9.17) is 0 Å². The molecule has 0 fully saturated rings. The molecule has 1 aromatic carbocycles. The molecule has 0 saturated carbocycles. The average Bonchev–Trinajstić information content (AvgIpc) is 2.25. The summed E-state index contributed by atoms with van der Waals surface area (Å²) in [7, 11) is 0. The van der Waals surface area contributed by atoms with E-state index in [0.29, 0.717) is 4.43 Å². The van der Waals surface area contributed by atoms with E-state index in [0.717, 1.165) is 12.1 Å². The zero-order valence-electron chi connectivity index (χ0n) is 9.16. The first kappa shape index (κ1) is 15.6.